The van der Waals surface area contributed by atoms with E-state index in [0.717, 1.165) is 16.1 Å². The van der Waals surface area contributed by atoms with Crippen molar-refractivity contribution in [1.29, 1.82) is 0 Å². The Morgan fingerprint density at radius 3 is 2.35 bits per heavy atom. The van der Waals surface area contributed by atoms with Gasteiger partial charge in [-0.1, -0.05) is 72.6 Å². The van der Waals surface area contributed by atoms with Gasteiger partial charge in [0.05, 0.1) is 19.1 Å². The first-order valence-electron chi connectivity index (χ1n) is 12.7. The summed E-state index contributed by atoms with van der Waals surface area (Å²) in [6, 6.07) is 19.7. The molecule has 0 aliphatic rings. The summed E-state index contributed by atoms with van der Waals surface area (Å²) in [5.74, 6) is -0.493. The smallest absolute Gasteiger partial charge is 0.244 e. The maximum absolute atomic E-state index is 14.1. The molecule has 1 atom stereocenters. The second kappa shape index (κ2) is 14.4. The topological polar surface area (TPSA) is 96.0 Å². The number of methoxy groups -OCH3 is 1. The van der Waals surface area contributed by atoms with Crippen LogP contribution in [0.2, 0.25) is 10.0 Å². The zero-order valence-corrected chi connectivity index (χ0v) is 25.0. The Bertz CT molecular complexity index is 1420. The summed E-state index contributed by atoms with van der Waals surface area (Å²) >= 11 is 12.6. The lowest BCUT2D eigenvalue weighted by molar-refractivity contribution is -0.140. The van der Waals surface area contributed by atoms with E-state index in [9.17, 15) is 18.0 Å². The molecule has 11 heteroatoms. The van der Waals surface area contributed by atoms with E-state index < -0.39 is 28.5 Å². The normalized spacial score (nSPS) is 11.9. The van der Waals surface area contributed by atoms with Crippen LogP contribution in [0.3, 0.4) is 0 Å². The summed E-state index contributed by atoms with van der Waals surface area (Å²) in [5.41, 5.74) is 1.66. The zero-order valence-electron chi connectivity index (χ0n) is 22.6. The molecule has 3 aromatic carbocycles. The minimum absolute atomic E-state index is 0.0401. The lowest BCUT2D eigenvalue weighted by Crippen LogP contribution is -2.53. The van der Waals surface area contributed by atoms with Crippen molar-refractivity contribution >= 4 is 50.7 Å². The van der Waals surface area contributed by atoms with Crippen molar-refractivity contribution in [3.8, 4) is 5.75 Å². The van der Waals surface area contributed by atoms with Gasteiger partial charge >= 0.3 is 0 Å². The van der Waals surface area contributed by atoms with E-state index in [1.54, 1.807) is 36.4 Å². The molecule has 1 N–H and O–H groups in total. The Hall–Kier alpha value is -3.27. The van der Waals surface area contributed by atoms with E-state index in [1.165, 1.54) is 18.1 Å². The zero-order chi connectivity index (χ0) is 29.3. The number of carbonyl (C=O) groups excluding carboxylic acids is 2. The molecule has 0 spiro atoms. The number of benzene rings is 3. The van der Waals surface area contributed by atoms with Crippen LogP contribution in [0.25, 0.3) is 0 Å². The van der Waals surface area contributed by atoms with Crippen LogP contribution in [0.1, 0.15) is 24.5 Å². The minimum atomic E-state index is -3.89. The van der Waals surface area contributed by atoms with Crippen molar-refractivity contribution in [2.24, 2.45) is 0 Å². The number of carbonyl (C=O) groups is 2. The van der Waals surface area contributed by atoms with Gasteiger partial charge in [0.1, 0.15) is 18.3 Å². The second-order valence-corrected chi connectivity index (χ2v) is 12.0. The van der Waals surface area contributed by atoms with E-state index in [0.29, 0.717) is 34.3 Å². The number of nitrogens with one attached hydrogen (secondary N) is 1. The summed E-state index contributed by atoms with van der Waals surface area (Å²) in [4.78, 5) is 29.0. The van der Waals surface area contributed by atoms with Crippen molar-refractivity contribution in [2.75, 3.05) is 30.8 Å². The number of hydrogen-bond donors (Lipinski definition) is 1. The van der Waals surface area contributed by atoms with Gasteiger partial charge in [-0.3, -0.25) is 13.9 Å². The molecule has 0 radical (unpaired) electrons. The molecule has 1 unspecified atom stereocenters. The van der Waals surface area contributed by atoms with Crippen molar-refractivity contribution in [3.63, 3.8) is 0 Å². The number of anilines is 1. The Morgan fingerprint density at radius 2 is 1.73 bits per heavy atom. The van der Waals surface area contributed by atoms with Gasteiger partial charge in [-0.25, -0.2) is 8.42 Å². The molecule has 0 aliphatic heterocycles. The largest absolute Gasteiger partial charge is 0.497 e. The van der Waals surface area contributed by atoms with Crippen LogP contribution in [0.15, 0.2) is 72.8 Å². The monoisotopic (exact) mass is 605 g/mol. The standard InChI is InChI=1S/C29H33Cl2N3O5S/c1-4-15-32-29(36)27(16-21-9-6-5-7-10-21)33(19-22-13-14-23(30)17-26(22)31)28(35)20-34(40(3,37)38)24-11-8-12-25(18-24)39-2/h5-14,17-18,27H,4,15-16,19-20H2,1-3H3,(H,32,36). The first kappa shape index (κ1) is 31.3. The lowest BCUT2D eigenvalue weighted by atomic mass is 10.0. The number of nitrogens with zero attached hydrogens (tertiary/aromatic N) is 2. The first-order chi connectivity index (χ1) is 19.0. The summed E-state index contributed by atoms with van der Waals surface area (Å²) in [7, 11) is -2.42. The van der Waals surface area contributed by atoms with Crippen molar-refractivity contribution in [1.82, 2.24) is 10.2 Å². The Balaban J connectivity index is 2.07. The molecule has 0 saturated heterocycles. The number of halogens is 2. The van der Waals surface area contributed by atoms with Crippen LogP contribution in [0, 0.1) is 0 Å². The molecule has 2 amide bonds. The molecule has 0 aromatic heterocycles. The number of hydrogen-bond acceptors (Lipinski definition) is 5. The van der Waals surface area contributed by atoms with Crippen LogP contribution in [-0.2, 0) is 32.6 Å². The quantitative estimate of drug-likeness (QED) is 0.298. The Kier molecular flexibility index (Phi) is 11.2. The van der Waals surface area contributed by atoms with Gasteiger partial charge in [-0.2, -0.15) is 0 Å². The van der Waals surface area contributed by atoms with E-state index >= 15 is 0 Å². The summed E-state index contributed by atoms with van der Waals surface area (Å²) in [6.45, 7) is 1.78. The van der Waals surface area contributed by atoms with Crippen LogP contribution < -0.4 is 14.4 Å². The predicted octanol–water partition coefficient (Wildman–Crippen LogP) is 4.93. The van der Waals surface area contributed by atoms with E-state index in [1.807, 2.05) is 37.3 Å². The third kappa shape index (κ3) is 8.61. The van der Waals surface area contributed by atoms with E-state index in [4.69, 9.17) is 27.9 Å². The van der Waals surface area contributed by atoms with Gasteiger partial charge in [0.25, 0.3) is 0 Å². The van der Waals surface area contributed by atoms with Gasteiger partial charge in [0, 0.05) is 35.6 Å². The highest BCUT2D eigenvalue weighted by molar-refractivity contribution is 7.92. The van der Waals surface area contributed by atoms with Gasteiger partial charge in [-0.15, -0.1) is 0 Å². The van der Waals surface area contributed by atoms with Crippen molar-refractivity contribution < 1.29 is 22.7 Å². The fraction of sp³-hybridized carbons (Fsp3) is 0.310. The maximum atomic E-state index is 14.1. The number of rotatable bonds is 13. The van der Waals surface area contributed by atoms with Crippen LogP contribution in [0.5, 0.6) is 5.75 Å². The third-order valence-electron chi connectivity index (χ3n) is 6.20. The molecule has 0 aliphatic carbocycles. The molecule has 40 heavy (non-hydrogen) atoms. The predicted molar refractivity (Wildman–Crippen MR) is 159 cm³/mol. The maximum Gasteiger partial charge on any atom is 0.244 e. The van der Waals surface area contributed by atoms with Crippen molar-refractivity contribution in [3.05, 3.63) is 94.0 Å². The Labute approximate surface area is 245 Å². The molecular formula is C29H33Cl2N3O5S. The lowest BCUT2D eigenvalue weighted by Gasteiger charge is -2.33. The Morgan fingerprint density at radius 1 is 1.00 bits per heavy atom. The SMILES string of the molecule is CCCNC(=O)C(Cc1ccccc1)N(Cc1ccc(Cl)cc1Cl)C(=O)CN(c1cccc(OC)c1)S(C)(=O)=O. The highest BCUT2D eigenvalue weighted by atomic mass is 35.5. The third-order valence-corrected chi connectivity index (χ3v) is 7.92. The van der Waals surface area contributed by atoms with Crippen molar-refractivity contribution in [2.45, 2.75) is 32.4 Å². The van der Waals surface area contributed by atoms with Gasteiger partial charge in [-0.05, 0) is 41.8 Å². The second-order valence-electron chi connectivity index (χ2n) is 9.23. The average molecular weight is 607 g/mol. The number of ether oxygens (including phenoxy) is 1. The molecule has 0 saturated carbocycles. The van der Waals surface area contributed by atoms with E-state index in [2.05, 4.69) is 5.32 Å². The van der Waals surface area contributed by atoms with Gasteiger partial charge in [0.2, 0.25) is 21.8 Å². The fourth-order valence-electron chi connectivity index (χ4n) is 4.13. The molecule has 3 rings (SSSR count). The molecular weight excluding hydrogens is 573 g/mol. The molecule has 0 fully saturated rings. The molecule has 0 bridgehead atoms. The number of amides is 2. The fourth-order valence-corrected chi connectivity index (χ4v) is 5.44. The summed E-state index contributed by atoms with van der Waals surface area (Å²) in [5, 5.41) is 3.64. The molecule has 0 heterocycles. The molecule has 8 nitrogen and oxygen atoms in total. The first-order valence-corrected chi connectivity index (χ1v) is 15.3. The van der Waals surface area contributed by atoms with Gasteiger partial charge in [0.15, 0.2) is 0 Å². The van der Waals surface area contributed by atoms with Crippen LogP contribution in [0.4, 0.5) is 5.69 Å². The number of sulfonamides is 1. The van der Waals surface area contributed by atoms with Crippen LogP contribution >= 0.6 is 23.2 Å². The average Bonchev–Trinajstić information content (AvgIpc) is 2.93. The van der Waals surface area contributed by atoms with Crippen LogP contribution in [-0.4, -0.2) is 57.6 Å². The summed E-state index contributed by atoms with van der Waals surface area (Å²) in [6.07, 6.45) is 1.94. The van der Waals surface area contributed by atoms with Gasteiger partial charge < -0.3 is 15.0 Å². The molecule has 214 valence electrons. The highest BCUT2D eigenvalue weighted by Gasteiger charge is 2.33. The summed E-state index contributed by atoms with van der Waals surface area (Å²) < 4.78 is 32.0. The van der Waals surface area contributed by atoms with E-state index in [-0.39, 0.29) is 24.6 Å². The molecule has 3 aromatic rings. The minimum Gasteiger partial charge on any atom is -0.497 e. The highest BCUT2D eigenvalue weighted by Crippen LogP contribution is 2.26.